The van der Waals surface area contributed by atoms with E-state index in [1.807, 2.05) is 26.8 Å². The molecule has 3 nitrogen and oxygen atoms in total. The van der Waals surface area contributed by atoms with Crippen LogP contribution < -0.4 is 11.1 Å². The van der Waals surface area contributed by atoms with E-state index in [4.69, 9.17) is 5.73 Å². The van der Waals surface area contributed by atoms with Crippen LogP contribution in [-0.4, -0.2) is 11.9 Å². The predicted octanol–water partition coefficient (Wildman–Crippen LogP) is 2.34. The van der Waals surface area contributed by atoms with Gasteiger partial charge >= 0.3 is 0 Å². The Kier molecular flexibility index (Phi) is 3.95. The zero-order valence-electron chi connectivity index (χ0n) is 12.1. The number of benzene rings is 1. The van der Waals surface area contributed by atoms with Gasteiger partial charge < -0.3 is 11.1 Å². The summed E-state index contributed by atoms with van der Waals surface area (Å²) in [6, 6.07) is 8.57. The summed E-state index contributed by atoms with van der Waals surface area (Å²) >= 11 is 0. The first-order chi connectivity index (χ1) is 8.90. The number of amides is 1. The van der Waals surface area contributed by atoms with E-state index < -0.39 is 0 Å². The van der Waals surface area contributed by atoms with E-state index in [1.165, 1.54) is 11.1 Å². The summed E-state index contributed by atoms with van der Waals surface area (Å²) in [6.45, 7) is 5.94. The fourth-order valence-electron chi connectivity index (χ4n) is 2.30. The average Bonchev–Trinajstić information content (AvgIpc) is 3.08. The van der Waals surface area contributed by atoms with Crippen molar-refractivity contribution in [3.05, 3.63) is 35.4 Å². The van der Waals surface area contributed by atoms with Gasteiger partial charge in [0.05, 0.1) is 0 Å². The second kappa shape index (κ2) is 5.33. The quantitative estimate of drug-likeness (QED) is 0.853. The highest BCUT2D eigenvalue weighted by Crippen LogP contribution is 2.42. The molecule has 1 unspecified atom stereocenters. The molecule has 0 radical (unpaired) electrons. The SMILES string of the molecule is CC(C)NC(=O)C(C)Cc1cccc(C2(N)CC2)c1. The maximum absolute atomic E-state index is 11.9. The van der Waals surface area contributed by atoms with Gasteiger partial charge in [-0.1, -0.05) is 31.2 Å². The van der Waals surface area contributed by atoms with Crippen molar-refractivity contribution in [1.29, 1.82) is 0 Å². The van der Waals surface area contributed by atoms with Gasteiger partial charge in [0.2, 0.25) is 5.91 Å². The van der Waals surface area contributed by atoms with Crippen LogP contribution in [0.1, 0.15) is 44.7 Å². The largest absolute Gasteiger partial charge is 0.354 e. The maximum Gasteiger partial charge on any atom is 0.223 e. The second-order valence-electron chi connectivity index (χ2n) is 6.12. The van der Waals surface area contributed by atoms with Gasteiger partial charge in [-0.25, -0.2) is 0 Å². The third-order valence-corrected chi connectivity index (χ3v) is 3.71. The Morgan fingerprint density at radius 1 is 1.37 bits per heavy atom. The minimum atomic E-state index is -0.0978. The van der Waals surface area contributed by atoms with Crippen LogP contribution in [0.4, 0.5) is 0 Å². The molecule has 1 aliphatic rings. The summed E-state index contributed by atoms with van der Waals surface area (Å²) in [5, 5.41) is 2.96. The van der Waals surface area contributed by atoms with Crippen LogP contribution in [0.15, 0.2) is 24.3 Å². The number of nitrogens with two attached hydrogens (primary N) is 1. The van der Waals surface area contributed by atoms with Gasteiger partial charge in [0.15, 0.2) is 0 Å². The van der Waals surface area contributed by atoms with Gasteiger partial charge in [-0.15, -0.1) is 0 Å². The van der Waals surface area contributed by atoms with Crippen LogP contribution in [0.25, 0.3) is 0 Å². The lowest BCUT2D eigenvalue weighted by Gasteiger charge is -2.16. The molecule has 1 aliphatic carbocycles. The highest BCUT2D eigenvalue weighted by molar-refractivity contribution is 5.78. The summed E-state index contributed by atoms with van der Waals surface area (Å²) in [5.74, 6) is 0.111. The monoisotopic (exact) mass is 260 g/mol. The summed E-state index contributed by atoms with van der Waals surface area (Å²) in [4.78, 5) is 11.9. The van der Waals surface area contributed by atoms with Crippen molar-refractivity contribution in [2.45, 2.75) is 51.6 Å². The Bertz CT molecular complexity index is 464. The molecule has 1 aromatic rings. The van der Waals surface area contributed by atoms with Crippen LogP contribution in [0, 0.1) is 5.92 Å². The zero-order chi connectivity index (χ0) is 14.0. The number of rotatable bonds is 5. The number of hydrogen-bond acceptors (Lipinski definition) is 2. The molecule has 0 spiro atoms. The normalized spacial score (nSPS) is 18.2. The standard InChI is InChI=1S/C16H24N2O/c1-11(2)18-15(19)12(3)9-13-5-4-6-14(10-13)16(17)7-8-16/h4-6,10-12H,7-9,17H2,1-3H3,(H,18,19). The Morgan fingerprint density at radius 3 is 2.63 bits per heavy atom. The fourth-order valence-corrected chi connectivity index (χ4v) is 2.30. The highest BCUT2D eigenvalue weighted by Gasteiger charge is 2.39. The van der Waals surface area contributed by atoms with E-state index in [1.54, 1.807) is 0 Å². The molecule has 2 rings (SSSR count). The van der Waals surface area contributed by atoms with Crippen molar-refractivity contribution < 1.29 is 4.79 Å². The van der Waals surface area contributed by atoms with Crippen LogP contribution in [0.3, 0.4) is 0 Å². The topological polar surface area (TPSA) is 55.1 Å². The zero-order valence-corrected chi connectivity index (χ0v) is 12.1. The van der Waals surface area contributed by atoms with E-state index >= 15 is 0 Å². The molecule has 0 bridgehead atoms. The fraction of sp³-hybridized carbons (Fsp3) is 0.562. The van der Waals surface area contributed by atoms with E-state index in [-0.39, 0.29) is 23.4 Å². The maximum atomic E-state index is 11.9. The molecule has 104 valence electrons. The van der Waals surface area contributed by atoms with E-state index in [9.17, 15) is 4.79 Å². The molecule has 3 N–H and O–H groups in total. The summed E-state index contributed by atoms with van der Waals surface area (Å²) in [6.07, 6.45) is 2.90. The van der Waals surface area contributed by atoms with Crippen molar-refractivity contribution in [2.24, 2.45) is 11.7 Å². The van der Waals surface area contributed by atoms with Crippen LogP contribution in [-0.2, 0) is 16.8 Å². The average molecular weight is 260 g/mol. The second-order valence-corrected chi connectivity index (χ2v) is 6.12. The highest BCUT2D eigenvalue weighted by atomic mass is 16.1. The molecular weight excluding hydrogens is 236 g/mol. The van der Waals surface area contributed by atoms with Gasteiger partial charge in [-0.05, 0) is 44.2 Å². The van der Waals surface area contributed by atoms with Crippen molar-refractivity contribution in [3.63, 3.8) is 0 Å². The Morgan fingerprint density at radius 2 is 2.05 bits per heavy atom. The summed E-state index contributed by atoms with van der Waals surface area (Å²) in [7, 11) is 0. The molecule has 1 aromatic carbocycles. The van der Waals surface area contributed by atoms with Crippen LogP contribution in [0.5, 0.6) is 0 Å². The molecule has 1 fully saturated rings. The third-order valence-electron chi connectivity index (χ3n) is 3.71. The lowest BCUT2D eigenvalue weighted by Crippen LogP contribution is -2.35. The molecule has 3 heteroatoms. The third kappa shape index (κ3) is 3.57. The van der Waals surface area contributed by atoms with Gasteiger partial charge in [-0.3, -0.25) is 4.79 Å². The van der Waals surface area contributed by atoms with E-state index in [0.717, 1.165) is 19.3 Å². The molecule has 0 saturated heterocycles. The van der Waals surface area contributed by atoms with Crippen molar-refractivity contribution in [1.82, 2.24) is 5.32 Å². The Labute approximate surface area is 115 Å². The van der Waals surface area contributed by atoms with Gasteiger partial charge in [0, 0.05) is 17.5 Å². The molecule has 1 saturated carbocycles. The van der Waals surface area contributed by atoms with Gasteiger partial charge in [-0.2, -0.15) is 0 Å². The molecule has 0 aliphatic heterocycles. The summed E-state index contributed by atoms with van der Waals surface area (Å²) in [5.41, 5.74) is 8.52. The van der Waals surface area contributed by atoms with Gasteiger partial charge in [0.25, 0.3) is 0 Å². The molecule has 0 heterocycles. The van der Waals surface area contributed by atoms with E-state index in [0.29, 0.717) is 0 Å². The Balaban J connectivity index is 2.01. The van der Waals surface area contributed by atoms with Crippen molar-refractivity contribution in [2.75, 3.05) is 0 Å². The molecule has 0 aromatic heterocycles. The first kappa shape index (κ1) is 14.1. The first-order valence-corrected chi connectivity index (χ1v) is 7.09. The Hall–Kier alpha value is -1.35. The molecule has 1 atom stereocenters. The van der Waals surface area contributed by atoms with E-state index in [2.05, 4.69) is 23.5 Å². The molecular formula is C16H24N2O. The lowest BCUT2D eigenvalue weighted by atomic mass is 9.96. The number of carbonyl (C=O) groups is 1. The van der Waals surface area contributed by atoms with Crippen LogP contribution in [0.2, 0.25) is 0 Å². The number of nitrogens with one attached hydrogen (secondary N) is 1. The lowest BCUT2D eigenvalue weighted by molar-refractivity contribution is -0.124. The minimum absolute atomic E-state index is 0.00872. The smallest absolute Gasteiger partial charge is 0.223 e. The summed E-state index contributed by atoms with van der Waals surface area (Å²) < 4.78 is 0. The molecule has 19 heavy (non-hydrogen) atoms. The first-order valence-electron chi connectivity index (χ1n) is 7.09. The van der Waals surface area contributed by atoms with Crippen LogP contribution >= 0.6 is 0 Å². The number of carbonyl (C=O) groups excluding carboxylic acids is 1. The van der Waals surface area contributed by atoms with Gasteiger partial charge in [0.1, 0.15) is 0 Å². The minimum Gasteiger partial charge on any atom is -0.354 e. The molecule has 1 amide bonds. The van der Waals surface area contributed by atoms with Crippen molar-refractivity contribution >= 4 is 5.91 Å². The number of hydrogen-bond donors (Lipinski definition) is 2. The van der Waals surface area contributed by atoms with Crippen molar-refractivity contribution in [3.8, 4) is 0 Å². The predicted molar refractivity (Wildman–Crippen MR) is 77.7 cm³/mol.